The predicted octanol–water partition coefficient (Wildman–Crippen LogP) is 2.12. The molecule has 1 aliphatic heterocycles. The van der Waals surface area contributed by atoms with Gasteiger partial charge in [0.05, 0.1) is 12.2 Å². The first-order valence-electron chi connectivity index (χ1n) is 6.27. The molecule has 1 aliphatic rings. The van der Waals surface area contributed by atoms with E-state index in [2.05, 4.69) is 26.1 Å². The van der Waals surface area contributed by atoms with Crippen LogP contribution < -0.4 is 5.32 Å². The van der Waals surface area contributed by atoms with E-state index in [1.54, 1.807) is 0 Å². The van der Waals surface area contributed by atoms with Crippen LogP contribution in [0.25, 0.3) is 0 Å². The SMILES string of the molecule is CCCCCCN1C(=O)C(CC)NC1C. The van der Waals surface area contributed by atoms with Gasteiger partial charge in [-0.15, -0.1) is 0 Å². The van der Waals surface area contributed by atoms with Crippen LogP contribution in [-0.2, 0) is 4.79 Å². The van der Waals surface area contributed by atoms with Gasteiger partial charge in [-0.25, -0.2) is 0 Å². The van der Waals surface area contributed by atoms with E-state index < -0.39 is 0 Å². The maximum atomic E-state index is 11.9. The van der Waals surface area contributed by atoms with Gasteiger partial charge < -0.3 is 4.90 Å². The van der Waals surface area contributed by atoms with Crippen molar-refractivity contribution >= 4 is 5.91 Å². The van der Waals surface area contributed by atoms with Crippen molar-refractivity contribution in [3.05, 3.63) is 0 Å². The monoisotopic (exact) mass is 212 g/mol. The molecular formula is C12H24N2O. The first-order chi connectivity index (χ1) is 7.20. The maximum absolute atomic E-state index is 11.9. The standard InChI is InChI=1S/C12H24N2O/c1-4-6-7-8-9-14-10(3)13-11(5-2)12(14)15/h10-11,13H,4-9H2,1-3H3. The fraction of sp³-hybridized carbons (Fsp3) is 0.917. The van der Waals surface area contributed by atoms with Crippen LogP contribution in [0.5, 0.6) is 0 Å². The average Bonchev–Trinajstić information content (AvgIpc) is 2.50. The highest BCUT2D eigenvalue weighted by molar-refractivity contribution is 5.84. The van der Waals surface area contributed by atoms with Gasteiger partial charge in [0.25, 0.3) is 0 Å². The van der Waals surface area contributed by atoms with E-state index in [1.165, 1.54) is 19.3 Å². The van der Waals surface area contributed by atoms with Gasteiger partial charge in [0, 0.05) is 6.54 Å². The number of nitrogens with zero attached hydrogens (tertiary/aromatic N) is 1. The Bertz CT molecular complexity index is 206. The Morgan fingerprint density at radius 3 is 2.53 bits per heavy atom. The highest BCUT2D eigenvalue weighted by atomic mass is 16.2. The number of carbonyl (C=O) groups is 1. The molecule has 1 N–H and O–H groups in total. The van der Waals surface area contributed by atoms with Crippen LogP contribution in [0.2, 0.25) is 0 Å². The Hall–Kier alpha value is -0.570. The minimum absolute atomic E-state index is 0.0613. The smallest absolute Gasteiger partial charge is 0.240 e. The summed E-state index contributed by atoms with van der Waals surface area (Å²) in [7, 11) is 0. The molecule has 2 atom stereocenters. The second-order valence-electron chi connectivity index (χ2n) is 4.40. The molecule has 0 aliphatic carbocycles. The highest BCUT2D eigenvalue weighted by Gasteiger charge is 2.34. The van der Waals surface area contributed by atoms with E-state index in [-0.39, 0.29) is 12.2 Å². The molecule has 3 nitrogen and oxygen atoms in total. The third kappa shape index (κ3) is 3.20. The average molecular weight is 212 g/mol. The van der Waals surface area contributed by atoms with Gasteiger partial charge in [0.2, 0.25) is 5.91 Å². The van der Waals surface area contributed by atoms with Crippen LogP contribution in [0.15, 0.2) is 0 Å². The molecule has 88 valence electrons. The zero-order valence-electron chi connectivity index (χ0n) is 10.3. The Balaban J connectivity index is 2.31. The number of rotatable bonds is 6. The molecule has 1 saturated heterocycles. The van der Waals surface area contributed by atoms with Gasteiger partial charge >= 0.3 is 0 Å². The minimum atomic E-state index is 0.0613. The summed E-state index contributed by atoms with van der Waals surface area (Å²) in [6, 6.07) is 0.0613. The Morgan fingerprint density at radius 1 is 1.27 bits per heavy atom. The van der Waals surface area contributed by atoms with Crippen LogP contribution >= 0.6 is 0 Å². The molecule has 0 aromatic carbocycles. The normalized spacial score (nSPS) is 26.3. The summed E-state index contributed by atoms with van der Waals surface area (Å²) in [4.78, 5) is 13.9. The van der Waals surface area contributed by atoms with Gasteiger partial charge in [-0.3, -0.25) is 10.1 Å². The van der Waals surface area contributed by atoms with Crippen molar-refractivity contribution in [2.24, 2.45) is 0 Å². The summed E-state index contributed by atoms with van der Waals surface area (Å²) in [5, 5.41) is 3.32. The lowest BCUT2D eigenvalue weighted by molar-refractivity contribution is -0.129. The molecule has 1 heterocycles. The third-order valence-corrected chi connectivity index (χ3v) is 3.15. The van der Waals surface area contributed by atoms with E-state index in [9.17, 15) is 4.79 Å². The van der Waals surface area contributed by atoms with Gasteiger partial charge in [-0.2, -0.15) is 0 Å². The largest absolute Gasteiger partial charge is 0.326 e. The summed E-state index contributed by atoms with van der Waals surface area (Å²) in [5.74, 6) is 0.293. The van der Waals surface area contributed by atoms with E-state index >= 15 is 0 Å². The maximum Gasteiger partial charge on any atom is 0.240 e. The molecule has 15 heavy (non-hydrogen) atoms. The summed E-state index contributed by atoms with van der Waals surface area (Å²) in [5.41, 5.74) is 0. The number of unbranched alkanes of at least 4 members (excludes halogenated alkanes) is 3. The van der Waals surface area contributed by atoms with E-state index in [1.807, 2.05) is 4.90 Å². The van der Waals surface area contributed by atoms with Crippen LogP contribution in [0.1, 0.15) is 52.9 Å². The molecule has 0 aromatic heterocycles. The van der Waals surface area contributed by atoms with Crippen LogP contribution in [-0.4, -0.2) is 29.6 Å². The molecule has 1 rings (SSSR count). The second kappa shape index (κ2) is 6.11. The fourth-order valence-electron chi connectivity index (χ4n) is 2.15. The lowest BCUT2D eigenvalue weighted by Crippen LogP contribution is -2.35. The molecular weight excluding hydrogens is 188 g/mol. The van der Waals surface area contributed by atoms with E-state index in [0.29, 0.717) is 5.91 Å². The lowest BCUT2D eigenvalue weighted by Gasteiger charge is -2.20. The molecule has 0 saturated carbocycles. The summed E-state index contributed by atoms with van der Waals surface area (Å²) < 4.78 is 0. The van der Waals surface area contributed by atoms with Gasteiger partial charge in [0.1, 0.15) is 0 Å². The van der Waals surface area contributed by atoms with Crippen LogP contribution in [0.4, 0.5) is 0 Å². The summed E-state index contributed by atoms with van der Waals surface area (Å²) in [6.45, 7) is 7.26. The molecule has 0 spiro atoms. The number of nitrogens with one attached hydrogen (secondary N) is 1. The van der Waals surface area contributed by atoms with Crippen molar-refractivity contribution < 1.29 is 4.79 Å². The number of amides is 1. The van der Waals surface area contributed by atoms with Crippen molar-refractivity contribution in [1.29, 1.82) is 0 Å². The van der Waals surface area contributed by atoms with Crippen molar-refractivity contribution in [2.75, 3.05) is 6.54 Å². The Kier molecular flexibility index (Phi) is 5.09. The molecule has 2 unspecified atom stereocenters. The number of hydrogen-bond acceptors (Lipinski definition) is 2. The van der Waals surface area contributed by atoms with Gasteiger partial charge in [-0.1, -0.05) is 33.1 Å². The van der Waals surface area contributed by atoms with E-state index in [4.69, 9.17) is 0 Å². The predicted molar refractivity (Wildman–Crippen MR) is 62.5 cm³/mol. The molecule has 0 aromatic rings. The lowest BCUT2D eigenvalue weighted by atomic mass is 10.2. The molecule has 1 amide bonds. The molecule has 0 radical (unpaired) electrons. The molecule has 0 bridgehead atoms. The highest BCUT2D eigenvalue weighted by Crippen LogP contribution is 2.14. The van der Waals surface area contributed by atoms with Gasteiger partial charge in [0.15, 0.2) is 0 Å². The first-order valence-corrected chi connectivity index (χ1v) is 6.27. The zero-order valence-corrected chi connectivity index (χ0v) is 10.3. The van der Waals surface area contributed by atoms with Crippen molar-refractivity contribution in [1.82, 2.24) is 10.2 Å². The number of carbonyl (C=O) groups excluding carboxylic acids is 1. The van der Waals surface area contributed by atoms with Crippen LogP contribution in [0, 0.1) is 0 Å². The Morgan fingerprint density at radius 2 is 2.00 bits per heavy atom. The summed E-state index contributed by atoms with van der Waals surface area (Å²) in [6.07, 6.45) is 6.03. The summed E-state index contributed by atoms with van der Waals surface area (Å²) >= 11 is 0. The quantitative estimate of drug-likeness (QED) is 0.684. The van der Waals surface area contributed by atoms with Crippen molar-refractivity contribution in [3.63, 3.8) is 0 Å². The molecule has 3 heteroatoms. The van der Waals surface area contributed by atoms with Crippen LogP contribution in [0.3, 0.4) is 0 Å². The van der Waals surface area contributed by atoms with E-state index in [0.717, 1.165) is 19.4 Å². The number of hydrogen-bond donors (Lipinski definition) is 1. The fourth-order valence-corrected chi connectivity index (χ4v) is 2.15. The Labute approximate surface area is 93.2 Å². The van der Waals surface area contributed by atoms with Crippen molar-refractivity contribution in [2.45, 2.75) is 65.1 Å². The second-order valence-corrected chi connectivity index (χ2v) is 4.40. The minimum Gasteiger partial charge on any atom is -0.326 e. The first kappa shape index (κ1) is 12.5. The topological polar surface area (TPSA) is 32.3 Å². The zero-order chi connectivity index (χ0) is 11.3. The molecule has 1 fully saturated rings. The van der Waals surface area contributed by atoms with Gasteiger partial charge in [-0.05, 0) is 19.8 Å². The van der Waals surface area contributed by atoms with Crippen molar-refractivity contribution in [3.8, 4) is 0 Å². The third-order valence-electron chi connectivity index (χ3n) is 3.15.